The molecular formula is C23H20N4O2S. The summed E-state index contributed by atoms with van der Waals surface area (Å²) in [6, 6.07) is 13.0. The zero-order valence-electron chi connectivity index (χ0n) is 16.8. The molecule has 0 radical (unpaired) electrons. The van der Waals surface area contributed by atoms with E-state index < -0.39 is 0 Å². The number of aryl methyl sites for hydroxylation is 3. The highest BCUT2D eigenvalue weighted by Gasteiger charge is 2.14. The first kappa shape index (κ1) is 19.7. The fourth-order valence-corrected chi connectivity index (χ4v) is 3.84. The quantitative estimate of drug-likeness (QED) is 0.460. The fraction of sp³-hybridized carbons (Fsp3) is 0.130. The molecule has 0 aliphatic rings. The topological polar surface area (TPSA) is 77.0 Å². The number of carbonyl (C=O) groups excluding carboxylic acids is 1. The highest BCUT2D eigenvalue weighted by atomic mass is 32.1. The van der Waals surface area contributed by atoms with Crippen LogP contribution in [0.4, 0.5) is 5.13 Å². The van der Waals surface area contributed by atoms with Gasteiger partial charge in [-0.15, -0.1) is 11.3 Å². The third-order valence-corrected chi connectivity index (χ3v) is 5.26. The Bertz CT molecular complexity index is 1160. The number of thiazole rings is 1. The van der Waals surface area contributed by atoms with Gasteiger partial charge in [-0.25, -0.2) is 9.97 Å². The number of rotatable bonds is 5. The van der Waals surface area contributed by atoms with Gasteiger partial charge in [0.1, 0.15) is 5.75 Å². The van der Waals surface area contributed by atoms with Crippen molar-refractivity contribution in [2.24, 2.45) is 0 Å². The Morgan fingerprint density at radius 1 is 1.00 bits per heavy atom. The first-order valence-electron chi connectivity index (χ1n) is 9.39. The van der Waals surface area contributed by atoms with E-state index in [1.807, 2.05) is 56.5 Å². The Labute approximate surface area is 178 Å². The largest absolute Gasteiger partial charge is 0.437 e. The van der Waals surface area contributed by atoms with E-state index in [4.69, 9.17) is 4.74 Å². The molecule has 0 bridgehead atoms. The molecule has 2 heterocycles. The number of ether oxygens (including phenoxy) is 1. The van der Waals surface area contributed by atoms with Gasteiger partial charge in [0.05, 0.1) is 23.8 Å². The van der Waals surface area contributed by atoms with E-state index >= 15 is 0 Å². The molecule has 0 aliphatic heterocycles. The highest BCUT2D eigenvalue weighted by molar-refractivity contribution is 7.14. The van der Waals surface area contributed by atoms with Crippen molar-refractivity contribution in [3.63, 3.8) is 0 Å². The Hall–Kier alpha value is -3.58. The van der Waals surface area contributed by atoms with Gasteiger partial charge in [0.25, 0.3) is 5.91 Å². The molecule has 1 amide bonds. The molecule has 0 aliphatic carbocycles. The maximum absolute atomic E-state index is 12.4. The Kier molecular flexibility index (Phi) is 5.54. The Balaban J connectivity index is 1.54. The van der Waals surface area contributed by atoms with Crippen molar-refractivity contribution in [1.82, 2.24) is 15.0 Å². The van der Waals surface area contributed by atoms with Gasteiger partial charge in [-0.1, -0.05) is 18.2 Å². The lowest BCUT2D eigenvalue weighted by molar-refractivity contribution is 0.102. The maximum atomic E-state index is 12.4. The molecule has 1 N–H and O–H groups in total. The van der Waals surface area contributed by atoms with Crippen molar-refractivity contribution >= 4 is 22.4 Å². The summed E-state index contributed by atoms with van der Waals surface area (Å²) in [5.74, 6) is 0.972. The van der Waals surface area contributed by atoms with Crippen LogP contribution in [0.1, 0.15) is 27.2 Å². The molecule has 6 nitrogen and oxygen atoms in total. The number of aromatic nitrogens is 3. The van der Waals surface area contributed by atoms with Gasteiger partial charge in [-0.3, -0.25) is 15.1 Å². The van der Waals surface area contributed by atoms with Crippen LogP contribution in [0.25, 0.3) is 11.3 Å². The lowest BCUT2D eigenvalue weighted by Gasteiger charge is -2.11. The van der Waals surface area contributed by atoms with Crippen LogP contribution in [-0.2, 0) is 0 Å². The summed E-state index contributed by atoms with van der Waals surface area (Å²) in [5.41, 5.74) is 5.33. The van der Waals surface area contributed by atoms with Gasteiger partial charge in [-0.2, -0.15) is 0 Å². The first-order chi connectivity index (χ1) is 14.5. The van der Waals surface area contributed by atoms with E-state index in [1.165, 1.54) is 11.3 Å². The number of nitrogens with one attached hydrogen (secondary N) is 1. The van der Waals surface area contributed by atoms with Gasteiger partial charge in [-0.05, 0) is 56.2 Å². The monoisotopic (exact) mass is 416 g/mol. The number of amides is 1. The van der Waals surface area contributed by atoms with Gasteiger partial charge < -0.3 is 4.74 Å². The van der Waals surface area contributed by atoms with Crippen LogP contribution in [-0.4, -0.2) is 20.9 Å². The van der Waals surface area contributed by atoms with Crippen LogP contribution >= 0.6 is 11.3 Å². The summed E-state index contributed by atoms with van der Waals surface area (Å²) < 4.78 is 5.84. The fourth-order valence-electron chi connectivity index (χ4n) is 3.15. The predicted octanol–water partition coefficient (Wildman–Crippen LogP) is 5.57. The van der Waals surface area contributed by atoms with Crippen LogP contribution in [0.3, 0.4) is 0 Å². The zero-order chi connectivity index (χ0) is 21.1. The second-order valence-corrected chi connectivity index (χ2v) is 7.75. The molecule has 0 atom stereocenters. The van der Waals surface area contributed by atoms with Crippen molar-refractivity contribution in [1.29, 1.82) is 0 Å². The Morgan fingerprint density at radius 3 is 2.40 bits per heavy atom. The molecule has 4 aromatic rings. The van der Waals surface area contributed by atoms with Crippen molar-refractivity contribution in [2.45, 2.75) is 20.8 Å². The lowest BCUT2D eigenvalue weighted by Crippen LogP contribution is -2.11. The standard InChI is InChI=1S/C23H20N4O2S/c1-14-9-18(29-20-12-24-16(3)11-25-20)10-15(2)21(14)19-13-30-23(26-19)27-22(28)17-7-5-4-6-8-17/h4-13H,1-3H3,(H,26,27,28). The summed E-state index contributed by atoms with van der Waals surface area (Å²) in [6.45, 7) is 5.90. The number of hydrogen-bond donors (Lipinski definition) is 1. The van der Waals surface area contributed by atoms with E-state index in [1.54, 1.807) is 24.5 Å². The van der Waals surface area contributed by atoms with Gasteiger partial charge in [0, 0.05) is 16.5 Å². The van der Waals surface area contributed by atoms with E-state index in [0.29, 0.717) is 22.3 Å². The average Bonchev–Trinajstić information content (AvgIpc) is 3.18. The summed E-state index contributed by atoms with van der Waals surface area (Å²) >= 11 is 1.40. The normalized spacial score (nSPS) is 10.6. The van der Waals surface area contributed by atoms with Gasteiger partial charge >= 0.3 is 0 Å². The van der Waals surface area contributed by atoms with Crippen LogP contribution in [0, 0.1) is 20.8 Å². The molecule has 30 heavy (non-hydrogen) atoms. The maximum Gasteiger partial charge on any atom is 0.257 e. The number of hydrogen-bond acceptors (Lipinski definition) is 6. The molecule has 0 unspecified atom stereocenters. The summed E-state index contributed by atoms with van der Waals surface area (Å²) in [6.07, 6.45) is 3.28. The summed E-state index contributed by atoms with van der Waals surface area (Å²) in [4.78, 5) is 25.4. The van der Waals surface area contributed by atoms with Crippen molar-refractivity contribution in [3.8, 4) is 22.9 Å². The average molecular weight is 417 g/mol. The van der Waals surface area contributed by atoms with E-state index in [9.17, 15) is 4.79 Å². The molecule has 4 rings (SSSR count). The molecule has 0 fully saturated rings. The highest BCUT2D eigenvalue weighted by Crippen LogP contribution is 2.34. The minimum absolute atomic E-state index is 0.173. The third-order valence-electron chi connectivity index (χ3n) is 4.50. The number of anilines is 1. The molecular weight excluding hydrogens is 396 g/mol. The van der Waals surface area contributed by atoms with E-state index in [0.717, 1.165) is 28.1 Å². The smallest absolute Gasteiger partial charge is 0.257 e. The van der Waals surface area contributed by atoms with Crippen LogP contribution in [0.5, 0.6) is 11.6 Å². The third kappa shape index (κ3) is 4.36. The minimum Gasteiger partial charge on any atom is -0.437 e. The summed E-state index contributed by atoms with van der Waals surface area (Å²) in [7, 11) is 0. The molecule has 0 saturated heterocycles. The molecule has 2 aromatic heterocycles. The van der Waals surface area contributed by atoms with Gasteiger partial charge in [0.15, 0.2) is 5.13 Å². The molecule has 0 spiro atoms. The number of carbonyl (C=O) groups is 1. The van der Waals surface area contributed by atoms with Crippen LogP contribution < -0.4 is 10.1 Å². The van der Waals surface area contributed by atoms with E-state index in [-0.39, 0.29) is 5.91 Å². The number of benzene rings is 2. The Morgan fingerprint density at radius 2 is 1.73 bits per heavy atom. The second kappa shape index (κ2) is 8.42. The second-order valence-electron chi connectivity index (χ2n) is 6.89. The molecule has 2 aromatic carbocycles. The minimum atomic E-state index is -0.173. The van der Waals surface area contributed by atoms with E-state index in [2.05, 4.69) is 20.3 Å². The zero-order valence-corrected chi connectivity index (χ0v) is 17.7. The first-order valence-corrected chi connectivity index (χ1v) is 10.3. The molecule has 0 saturated carbocycles. The van der Waals surface area contributed by atoms with Crippen LogP contribution in [0.15, 0.2) is 60.2 Å². The van der Waals surface area contributed by atoms with Gasteiger partial charge in [0.2, 0.25) is 5.88 Å². The van der Waals surface area contributed by atoms with Crippen molar-refractivity contribution in [3.05, 3.63) is 82.6 Å². The lowest BCUT2D eigenvalue weighted by atomic mass is 10.0. The SMILES string of the molecule is Cc1cnc(Oc2cc(C)c(-c3csc(NC(=O)c4ccccc4)n3)c(C)c2)cn1. The van der Waals surface area contributed by atoms with Crippen molar-refractivity contribution in [2.75, 3.05) is 5.32 Å². The predicted molar refractivity (Wildman–Crippen MR) is 118 cm³/mol. The number of nitrogens with zero attached hydrogens (tertiary/aromatic N) is 3. The van der Waals surface area contributed by atoms with Crippen LogP contribution in [0.2, 0.25) is 0 Å². The molecule has 150 valence electrons. The van der Waals surface area contributed by atoms with Crippen molar-refractivity contribution < 1.29 is 9.53 Å². The summed E-state index contributed by atoms with van der Waals surface area (Å²) in [5, 5.41) is 5.37. The molecule has 7 heteroatoms.